The summed E-state index contributed by atoms with van der Waals surface area (Å²) in [6.07, 6.45) is 4.46. The molecule has 2 aromatic rings. The van der Waals surface area contributed by atoms with E-state index in [4.69, 9.17) is 14.2 Å². The Hall–Kier alpha value is -3.28. The van der Waals surface area contributed by atoms with Gasteiger partial charge in [-0.2, -0.15) is 0 Å². The molecule has 1 aliphatic heterocycles. The van der Waals surface area contributed by atoms with Crippen molar-refractivity contribution in [1.29, 1.82) is 0 Å². The number of amides is 1. The Morgan fingerprint density at radius 1 is 1.04 bits per heavy atom. The predicted octanol–water partition coefficient (Wildman–Crippen LogP) is 2.76. The SMILES string of the molecule is O=C(COC(=O)/C=C/c1ccc2c(c1)OCCCO2)NCCc1ccccc1. The van der Waals surface area contributed by atoms with Gasteiger partial charge in [0, 0.05) is 19.0 Å². The molecule has 0 bridgehead atoms. The quantitative estimate of drug-likeness (QED) is 0.590. The fourth-order valence-corrected chi connectivity index (χ4v) is 2.67. The molecule has 1 amide bonds. The van der Waals surface area contributed by atoms with Gasteiger partial charge < -0.3 is 19.5 Å². The molecule has 0 spiro atoms. The Morgan fingerprint density at radius 3 is 2.64 bits per heavy atom. The molecular weight excluding hydrogens is 358 g/mol. The first-order chi connectivity index (χ1) is 13.7. The maximum atomic E-state index is 11.8. The van der Waals surface area contributed by atoms with E-state index >= 15 is 0 Å². The maximum absolute atomic E-state index is 11.8. The monoisotopic (exact) mass is 381 g/mol. The topological polar surface area (TPSA) is 73.9 Å². The van der Waals surface area contributed by atoms with Crippen molar-refractivity contribution in [1.82, 2.24) is 5.32 Å². The molecule has 0 saturated carbocycles. The van der Waals surface area contributed by atoms with E-state index in [9.17, 15) is 9.59 Å². The lowest BCUT2D eigenvalue weighted by Gasteiger charge is -2.07. The summed E-state index contributed by atoms with van der Waals surface area (Å²) < 4.78 is 16.2. The largest absolute Gasteiger partial charge is 0.490 e. The van der Waals surface area contributed by atoms with Gasteiger partial charge in [-0.3, -0.25) is 4.79 Å². The maximum Gasteiger partial charge on any atom is 0.331 e. The predicted molar refractivity (Wildman–Crippen MR) is 105 cm³/mol. The van der Waals surface area contributed by atoms with Crippen molar-refractivity contribution in [3.05, 3.63) is 65.7 Å². The first kappa shape index (κ1) is 19.5. The highest BCUT2D eigenvalue weighted by Gasteiger charge is 2.10. The number of nitrogens with one attached hydrogen (secondary N) is 1. The molecule has 0 unspecified atom stereocenters. The average molecular weight is 381 g/mol. The van der Waals surface area contributed by atoms with Crippen LogP contribution in [0.25, 0.3) is 6.08 Å². The van der Waals surface area contributed by atoms with E-state index in [0.717, 1.165) is 24.0 Å². The second-order valence-corrected chi connectivity index (χ2v) is 6.28. The Balaban J connectivity index is 1.40. The van der Waals surface area contributed by atoms with Crippen LogP contribution in [-0.2, 0) is 20.7 Å². The van der Waals surface area contributed by atoms with Crippen LogP contribution >= 0.6 is 0 Å². The lowest BCUT2D eigenvalue weighted by molar-refractivity contribution is -0.143. The molecule has 3 rings (SSSR count). The van der Waals surface area contributed by atoms with E-state index in [0.29, 0.717) is 31.3 Å². The van der Waals surface area contributed by atoms with E-state index in [1.165, 1.54) is 6.08 Å². The van der Waals surface area contributed by atoms with Crippen LogP contribution in [0, 0.1) is 0 Å². The zero-order chi connectivity index (χ0) is 19.6. The fraction of sp³-hybridized carbons (Fsp3) is 0.273. The third kappa shape index (κ3) is 6.16. The van der Waals surface area contributed by atoms with Crippen molar-refractivity contribution in [2.24, 2.45) is 0 Å². The highest BCUT2D eigenvalue weighted by molar-refractivity contribution is 5.89. The molecule has 0 aromatic heterocycles. The summed E-state index contributed by atoms with van der Waals surface area (Å²) >= 11 is 0. The summed E-state index contributed by atoms with van der Waals surface area (Å²) in [6.45, 7) is 1.41. The zero-order valence-corrected chi connectivity index (χ0v) is 15.6. The van der Waals surface area contributed by atoms with Crippen LogP contribution in [0.4, 0.5) is 0 Å². The number of rotatable bonds is 7. The van der Waals surface area contributed by atoms with Crippen molar-refractivity contribution in [3.63, 3.8) is 0 Å². The molecule has 1 N–H and O–H groups in total. The standard InChI is InChI=1S/C22H23NO5/c24-21(23-12-11-17-5-2-1-3-6-17)16-28-22(25)10-8-18-7-9-19-20(15-18)27-14-4-13-26-19/h1-3,5-10,15H,4,11-14,16H2,(H,23,24)/b10-8+. The van der Waals surface area contributed by atoms with Gasteiger partial charge in [-0.15, -0.1) is 0 Å². The van der Waals surface area contributed by atoms with Crippen molar-refractivity contribution in [3.8, 4) is 11.5 Å². The van der Waals surface area contributed by atoms with Gasteiger partial charge >= 0.3 is 5.97 Å². The molecule has 6 nitrogen and oxygen atoms in total. The summed E-state index contributed by atoms with van der Waals surface area (Å²) in [6, 6.07) is 15.3. The summed E-state index contributed by atoms with van der Waals surface area (Å²) in [5, 5.41) is 2.73. The Labute approximate surface area is 164 Å². The number of hydrogen-bond donors (Lipinski definition) is 1. The van der Waals surface area contributed by atoms with Crippen molar-refractivity contribution in [2.75, 3.05) is 26.4 Å². The minimum Gasteiger partial charge on any atom is -0.490 e. The van der Waals surface area contributed by atoms with Crippen LogP contribution in [0.1, 0.15) is 17.5 Å². The highest BCUT2D eigenvalue weighted by atomic mass is 16.5. The number of fused-ring (bicyclic) bond motifs is 1. The first-order valence-corrected chi connectivity index (χ1v) is 9.26. The van der Waals surface area contributed by atoms with E-state index in [1.54, 1.807) is 12.1 Å². The van der Waals surface area contributed by atoms with Gasteiger partial charge in [0.25, 0.3) is 5.91 Å². The van der Waals surface area contributed by atoms with Crippen molar-refractivity contribution < 1.29 is 23.8 Å². The van der Waals surface area contributed by atoms with E-state index < -0.39 is 5.97 Å². The highest BCUT2D eigenvalue weighted by Crippen LogP contribution is 2.30. The number of esters is 1. The van der Waals surface area contributed by atoms with Gasteiger partial charge in [0.1, 0.15) is 0 Å². The average Bonchev–Trinajstić information content (AvgIpc) is 2.96. The Bertz CT molecular complexity index is 832. The van der Waals surface area contributed by atoms with Crippen LogP contribution in [-0.4, -0.2) is 38.2 Å². The van der Waals surface area contributed by atoms with Crippen LogP contribution in [0.3, 0.4) is 0 Å². The number of carbonyl (C=O) groups is 2. The minimum absolute atomic E-state index is 0.306. The fourth-order valence-electron chi connectivity index (χ4n) is 2.67. The third-order valence-electron chi connectivity index (χ3n) is 4.11. The lowest BCUT2D eigenvalue weighted by Crippen LogP contribution is -2.30. The zero-order valence-electron chi connectivity index (χ0n) is 15.6. The molecule has 0 radical (unpaired) electrons. The van der Waals surface area contributed by atoms with E-state index in [2.05, 4.69) is 5.32 Å². The second kappa shape index (κ2) is 10.2. The second-order valence-electron chi connectivity index (χ2n) is 6.28. The first-order valence-electron chi connectivity index (χ1n) is 9.26. The summed E-state index contributed by atoms with van der Waals surface area (Å²) in [7, 11) is 0. The van der Waals surface area contributed by atoms with Crippen molar-refractivity contribution >= 4 is 18.0 Å². The van der Waals surface area contributed by atoms with E-state index in [-0.39, 0.29) is 12.5 Å². The number of ether oxygens (including phenoxy) is 3. The summed E-state index contributed by atoms with van der Waals surface area (Å²) in [5.41, 5.74) is 1.92. The lowest BCUT2D eigenvalue weighted by atomic mass is 10.1. The van der Waals surface area contributed by atoms with Gasteiger partial charge in [-0.05, 0) is 35.8 Å². The Morgan fingerprint density at radius 2 is 1.82 bits per heavy atom. The molecule has 6 heteroatoms. The van der Waals surface area contributed by atoms with Crippen molar-refractivity contribution in [2.45, 2.75) is 12.8 Å². The molecule has 0 aliphatic carbocycles. The normalized spacial score (nSPS) is 13.0. The van der Waals surface area contributed by atoms with Gasteiger partial charge in [0.2, 0.25) is 0 Å². The molecule has 28 heavy (non-hydrogen) atoms. The molecule has 1 aliphatic rings. The van der Waals surface area contributed by atoms with E-state index in [1.807, 2.05) is 42.5 Å². The molecule has 146 valence electrons. The Kier molecular flexibility index (Phi) is 7.07. The molecule has 0 saturated heterocycles. The molecule has 1 heterocycles. The van der Waals surface area contributed by atoms with Gasteiger partial charge in [-0.25, -0.2) is 4.79 Å². The summed E-state index contributed by atoms with van der Waals surface area (Å²) in [4.78, 5) is 23.6. The molecule has 2 aromatic carbocycles. The minimum atomic E-state index is -0.578. The van der Waals surface area contributed by atoms with Gasteiger partial charge in [0.15, 0.2) is 18.1 Å². The number of hydrogen-bond acceptors (Lipinski definition) is 5. The smallest absolute Gasteiger partial charge is 0.331 e. The summed E-state index contributed by atoms with van der Waals surface area (Å²) in [5.74, 6) is 0.453. The van der Waals surface area contributed by atoms with Crippen LogP contribution in [0.2, 0.25) is 0 Å². The van der Waals surface area contributed by atoms with Gasteiger partial charge in [0.05, 0.1) is 13.2 Å². The molecule has 0 atom stereocenters. The van der Waals surface area contributed by atoms with Crippen LogP contribution in [0.5, 0.6) is 11.5 Å². The third-order valence-corrected chi connectivity index (χ3v) is 4.11. The molecular formula is C22H23NO5. The number of benzene rings is 2. The van der Waals surface area contributed by atoms with Crippen LogP contribution in [0.15, 0.2) is 54.6 Å². The van der Waals surface area contributed by atoms with Crippen LogP contribution < -0.4 is 14.8 Å². The molecule has 0 fully saturated rings. The number of carbonyl (C=O) groups excluding carboxylic acids is 2. The van der Waals surface area contributed by atoms with Gasteiger partial charge in [-0.1, -0.05) is 36.4 Å².